The SMILES string of the molecule is CCc1ccc(/C=C/C(=O)c2cccc(Cl)c2)cc1. The van der Waals surface area contributed by atoms with Crippen molar-refractivity contribution < 1.29 is 4.79 Å². The lowest BCUT2D eigenvalue weighted by atomic mass is 10.1. The molecular formula is C17H15ClO. The monoisotopic (exact) mass is 270 g/mol. The van der Waals surface area contributed by atoms with E-state index in [0.717, 1.165) is 12.0 Å². The molecule has 0 radical (unpaired) electrons. The van der Waals surface area contributed by atoms with E-state index in [1.54, 1.807) is 30.3 Å². The van der Waals surface area contributed by atoms with Gasteiger partial charge in [-0.05, 0) is 35.8 Å². The summed E-state index contributed by atoms with van der Waals surface area (Å²) < 4.78 is 0. The molecule has 0 N–H and O–H groups in total. The van der Waals surface area contributed by atoms with Gasteiger partial charge >= 0.3 is 0 Å². The first-order chi connectivity index (χ1) is 9.19. The number of aryl methyl sites for hydroxylation is 1. The van der Waals surface area contributed by atoms with Crippen LogP contribution in [0.1, 0.15) is 28.4 Å². The minimum absolute atomic E-state index is 0.0398. The van der Waals surface area contributed by atoms with Crippen LogP contribution < -0.4 is 0 Å². The van der Waals surface area contributed by atoms with Gasteiger partial charge in [-0.15, -0.1) is 0 Å². The van der Waals surface area contributed by atoms with Crippen LogP contribution in [0.15, 0.2) is 54.6 Å². The summed E-state index contributed by atoms with van der Waals surface area (Å²) in [5.74, 6) is -0.0398. The Morgan fingerprint density at radius 1 is 1.16 bits per heavy atom. The molecule has 0 aliphatic carbocycles. The number of rotatable bonds is 4. The van der Waals surface area contributed by atoms with Crippen LogP contribution in [-0.4, -0.2) is 5.78 Å². The number of hydrogen-bond donors (Lipinski definition) is 0. The molecule has 0 aliphatic heterocycles. The molecule has 0 amide bonds. The summed E-state index contributed by atoms with van der Waals surface area (Å²) in [6.45, 7) is 2.12. The molecule has 2 heteroatoms. The van der Waals surface area contributed by atoms with Crippen molar-refractivity contribution in [3.63, 3.8) is 0 Å². The summed E-state index contributed by atoms with van der Waals surface area (Å²) in [6, 6.07) is 15.1. The molecule has 0 bridgehead atoms. The number of carbonyl (C=O) groups is 1. The Morgan fingerprint density at radius 2 is 1.89 bits per heavy atom. The van der Waals surface area contributed by atoms with Gasteiger partial charge in [0.2, 0.25) is 0 Å². The van der Waals surface area contributed by atoms with Crippen molar-refractivity contribution in [2.24, 2.45) is 0 Å². The average Bonchev–Trinajstić information content (AvgIpc) is 2.45. The Morgan fingerprint density at radius 3 is 2.53 bits per heavy atom. The molecule has 2 aromatic carbocycles. The fraction of sp³-hybridized carbons (Fsp3) is 0.118. The summed E-state index contributed by atoms with van der Waals surface area (Å²) in [5, 5.41) is 0.576. The number of ketones is 1. The Kier molecular flexibility index (Phi) is 4.53. The summed E-state index contributed by atoms with van der Waals surface area (Å²) in [7, 11) is 0. The highest BCUT2D eigenvalue weighted by molar-refractivity contribution is 6.31. The quantitative estimate of drug-likeness (QED) is 0.576. The van der Waals surface area contributed by atoms with E-state index >= 15 is 0 Å². The molecule has 0 spiro atoms. The lowest BCUT2D eigenvalue weighted by molar-refractivity contribution is 0.104. The minimum atomic E-state index is -0.0398. The number of halogens is 1. The van der Waals surface area contributed by atoms with Crippen LogP contribution in [0.25, 0.3) is 6.08 Å². The zero-order valence-corrected chi connectivity index (χ0v) is 11.5. The molecule has 0 fully saturated rings. The summed E-state index contributed by atoms with van der Waals surface area (Å²) in [4.78, 5) is 11.9. The fourth-order valence-electron chi connectivity index (χ4n) is 1.77. The second kappa shape index (κ2) is 6.35. The van der Waals surface area contributed by atoms with E-state index < -0.39 is 0 Å². The Hall–Kier alpha value is -1.86. The number of benzene rings is 2. The predicted octanol–water partition coefficient (Wildman–Crippen LogP) is 4.80. The van der Waals surface area contributed by atoms with Gasteiger partial charge in [0.25, 0.3) is 0 Å². The lowest BCUT2D eigenvalue weighted by Crippen LogP contribution is -1.93. The van der Waals surface area contributed by atoms with Crippen LogP contribution in [0.3, 0.4) is 0 Å². The largest absolute Gasteiger partial charge is 0.289 e. The van der Waals surface area contributed by atoms with Crippen molar-refractivity contribution in [3.8, 4) is 0 Å². The van der Waals surface area contributed by atoms with E-state index in [0.29, 0.717) is 10.6 Å². The van der Waals surface area contributed by atoms with Crippen molar-refractivity contribution in [1.29, 1.82) is 0 Å². The molecule has 0 aromatic heterocycles. The van der Waals surface area contributed by atoms with Crippen LogP contribution in [-0.2, 0) is 6.42 Å². The fourth-order valence-corrected chi connectivity index (χ4v) is 1.96. The van der Waals surface area contributed by atoms with Crippen molar-refractivity contribution in [2.45, 2.75) is 13.3 Å². The smallest absolute Gasteiger partial charge is 0.185 e. The molecule has 0 atom stereocenters. The second-order valence-corrected chi connectivity index (χ2v) is 4.74. The van der Waals surface area contributed by atoms with Gasteiger partial charge in [0.1, 0.15) is 0 Å². The molecule has 2 aromatic rings. The number of allylic oxidation sites excluding steroid dienone is 1. The average molecular weight is 271 g/mol. The maximum atomic E-state index is 11.9. The Balaban J connectivity index is 2.11. The third kappa shape index (κ3) is 3.80. The molecule has 96 valence electrons. The molecule has 0 unspecified atom stereocenters. The van der Waals surface area contributed by atoms with Crippen LogP contribution in [0, 0.1) is 0 Å². The van der Waals surface area contributed by atoms with Gasteiger partial charge in [0, 0.05) is 10.6 Å². The minimum Gasteiger partial charge on any atom is -0.289 e. The molecule has 0 saturated heterocycles. The third-order valence-electron chi connectivity index (χ3n) is 2.92. The van der Waals surface area contributed by atoms with Gasteiger partial charge in [-0.3, -0.25) is 4.79 Å². The van der Waals surface area contributed by atoms with E-state index in [2.05, 4.69) is 19.1 Å². The first-order valence-electron chi connectivity index (χ1n) is 6.26. The topological polar surface area (TPSA) is 17.1 Å². The highest BCUT2D eigenvalue weighted by atomic mass is 35.5. The van der Waals surface area contributed by atoms with E-state index in [-0.39, 0.29) is 5.78 Å². The van der Waals surface area contributed by atoms with Crippen LogP contribution in [0.2, 0.25) is 5.02 Å². The lowest BCUT2D eigenvalue weighted by Gasteiger charge is -1.98. The van der Waals surface area contributed by atoms with Crippen molar-refractivity contribution in [3.05, 3.63) is 76.3 Å². The van der Waals surface area contributed by atoms with E-state index in [9.17, 15) is 4.79 Å². The number of carbonyl (C=O) groups excluding carboxylic acids is 1. The molecule has 19 heavy (non-hydrogen) atoms. The zero-order chi connectivity index (χ0) is 13.7. The predicted molar refractivity (Wildman–Crippen MR) is 80.6 cm³/mol. The van der Waals surface area contributed by atoms with Gasteiger partial charge in [0.15, 0.2) is 5.78 Å². The van der Waals surface area contributed by atoms with Crippen molar-refractivity contribution in [1.82, 2.24) is 0 Å². The van der Waals surface area contributed by atoms with Crippen LogP contribution in [0.5, 0.6) is 0 Å². The highest BCUT2D eigenvalue weighted by Crippen LogP contribution is 2.12. The van der Waals surface area contributed by atoms with Gasteiger partial charge < -0.3 is 0 Å². The summed E-state index contributed by atoms with van der Waals surface area (Å²) >= 11 is 5.86. The number of hydrogen-bond acceptors (Lipinski definition) is 1. The van der Waals surface area contributed by atoms with Gasteiger partial charge in [0.05, 0.1) is 0 Å². The van der Waals surface area contributed by atoms with Gasteiger partial charge in [-0.25, -0.2) is 0 Å². The van der Waals surface area contributed by atoms with Gasteiger partial charge in [-0.1, -0.05) is 61.0 Å². The first kappa shape index (κ1) is 13.6. The summed E-state index contributed by atoms with van der Waals surface area (Å²) in [5.41, 5.74) is 2.92. The standard InChI is InChI=1S/C17H15ClO/c1-2-13-6-8-14(9-7-13)10-11-17(19)15-4-3-5-16(18)12-15/h3-12H,2H2,1H3/b11-10+. The van der Waals surface area contributed by atoms with E-state index in [1.165, 1.54) is 5.56 Å². The van der Waals surface area contributed by atoms with E-state index in [1.807, 2.05) is 18.2 Å². The van der Waals surface area contributed by atoms with Crippen molar-refractivity contribution >= 4 is 23.5 Å². The third-order valence-corrected chi connectivity index (χ3v) is 3.16. The highest BCUT2D eigenvalue weighted by Gasteiger charge is 2.01. The molecule has 1 nitrogen and oxygen atoms in total. The normalized spacial score (nSPS) is 10.8. The van der Waals surface area contributed by atoms with Crippen LogP contribution in [0.4, 0.5) is 0 Å². The maximum Gasteiger partial charge on any atom is 0.185 e. The van der Waals surface area contributed by atoms with E-state index in [4.69, 9.17) is 11.6 Å². The molecule has 0 heterocycles. The Labute approximate surface area is 118 Å². The zero-order valence-electron chi connectivity index (χ0n) is 10.8. The molecule has 2 rings (SSSR count). The van der Waals surface area contributed by atoms with Crippen molar-refractivity contribution in [2.75, 3.05) is 0 Å². The maximum absolute atomic E-state index is 11.9. The molecular weight excluding hydrogens is 256 g/mol. The first-order valence-corrected chi connectivity index (χ1v) is 6.64. The molecule has 0 saturated carbocycles. The summed E-state index contributed by atoms with van der Waals surface area (Å²) in [6.07, 6.45) is 4.42. The van der Waals surface area contributed by atoms with Crippen LogP contribution >= 0.6 is 11.6 Å². The van der Waals surface area contributed by atoms with Gasteiger partial charge in [-0.2, -0.15) is 0 Å². The molecule has 0 aliphatic rings. The second-order valence-electron chi connectivity index (χ2n) is 4.30. The Bertz CT molecular complexity index is 597.